The summed E-state index contributed by atoms with van der Waals surface area (Å²) in [5.74, 6) is 1.30. The summed E-state index contributed by atoms with van der Waals surface area (Å²) < 4.78 is 24.8. The second-order valence-electron chi connectivity index (χ2n) is 10.0. The first-order chi connectivity index (χ1) is 18.4. The van der Waals surface area contributed by atoms with Crippen molar-refractivity contribution < 1.29 is 18.8 Å². The van der Waals surface area contributed by atoms with Gasteiger partial charge in [-0.25, -0.2) is 4.79 Å². The molecule has 1 aliphatic rings. The number of anilines is 1. The minimum absolute atomic E-state index is 0.368. The predicted octanol–water partition coefficient (Wildman–Crippen LogP) is 9.66. The van der Waals surface area contributed by atoms with Crippen LogP contribution in [0.25, 0.3) is 0 Å². The van der Waals surface area contributed by atoms with Crippen LogP contribution < -0.4 is 10.1 Å². The number of ether oxygens (including phenoxy) is 2. The van der Waals surface area contributed by atoms with E-state index >= 15 is 0 Å². The Balaban J connectivity index is 1.62. The van der Waals surface area contributed by atoms with Crippen LogP contribution in [0.3, 0.4) is 0 Å². The predicted molar refractivity (Wildman–Crippen MR) is 158 cm³/mol. The second kappa shape index (κ2) is 15.9. The van der Waals surface area contributed by atoms with Gasteiger partial charge in [0.05, 0.1) is 22.3 Å². The van der Waals surface area contributed by atoms with Crippen LogP contribution in [0.1, 0.15) is 96.5 Å². The minimum Gasteiger partial charge on any atom is -0.611 e. The number of benzene rings is 2. The monoisotopic (exact) mass is 581 g/mol. The van der Waals surface area contributed by atoms with E-state index in [0.29, 0.717) is 27.3 Å². The lowest BCUT2D eigenvalue weighted by Gasteiger charge is -2.39. The van der Waals surface area contributed by atoms with Crippen molar-refractivity contribution in [3.63, 3.8) is 0 Å². The molecular formula is C30H41Cl2NO4S. The van der Waals surface area contributed by atoms with Crippen LogP contribution >= 0.6 is 23.2 Å². The van der Waals surface area contributed by atoms with E-state index in [2.05, 4.69) is 19.2 Å². The van der Waals surface area contributed by atoms with Crippen LogP contribution in [0.15, 0.2) is 41.3 Å². The standard InChI is InChI=1S/C30H41Cl2NO4S/c1-3-5-7-9-17-30(18-10-8-6-4-2)25-21-23(13-16-28(25)33-29(34)37-30)36-19-11-12-20-38(35)24-14-15-26(31)27(32)22-24/h13-16,21-22H,3-12,17-20H2,1-2H3,(H,33,34). The molecule has 1 heterocycles. The molecule has 1 unspecified atom stereocenters. The van der Waals surface area contributed by atoms with Gasteiger partial charge < -0.3 is 14.0 Å². The maximum Gasteiger partial charge on any atom is 0.412 e. The highest BCUT2D eigenvalue weighted by atomic mass is 35.5. The number of halogens is 2. The summed E-state index contributed by atoms with van der Waals surface area (Å²) in [5.41, 5.74) is 1.22. The third kappa shape index (κ3) is 8.97. The average Bonchev–Trinajstić information content (AvgIpc) is 2.90. The number of rotatable bonds is 17. The van der Waals surface area contributed by atoms with Crippen molar-refractivity contribution in [2.45, 2.75) is 101 Å². The molecule has 0 saturated carbocycles. The average molecular weight is 583 g/mol. The molecule has 0 saturated heterocycles. The summed E-state index contributed by atoms with van der Waals surface area (Å²) >= 11 is 10.9. The molecule has 1 atom stereocenters. The van der Waals surface area contributed by atoms with Gasteiger partial charge >= 0.3 is 6.09 Å². The summed E-state index contributed by atoms with van der Waals surface area (Å²) in [6.45, 7) is 4.93. The van der Waals surface area contributed by atoms with Gasteiger partial charge in [-0.3, -0.25) is 5.32 Å². The Bertz CT molecular complexity index is 1020. The lowest BCUT2D eigenvalue weighted by Crippen LogP contribution is -2.39. The summed E-state index contributed by atoms with van der Waals surface area (Å²) in [4.78, 5) is 13.2. The third-order valence-corrected chi connectivity index (χ3v) is 9.20. The summed E-state index contributed by atoms with van der Waals surface area (Å²) in [6.07, 6.45) is 11.8. The molecule has 0 radical (unpaired) electrons. The zero-order valence-electron chi connectivity index (χ0n) is 22.7. The summed E-state index contributed by atoms with van der Waals surface area (Å²) in [5, 5.41) is 3.77. The molecule has 210 valence electrons. The van der Waals surface area contributed by atoms with E-state index in [1.807, 2.05) is 18.2 Å². The first kappa shape index (κ1) is 30.9. The molecule has 0 spiro atoms. The minimum atomic E-state index is -1.13. The lowest BCUT2D eigenvalue weighted by atomic mass is 9.81. The molecular weight excluding hydrogens is 541 g/mol. The van der Waals surface area contributed by atoms with Gasteiger partial charge in [0, 0.05) is 11.6 Å². The van der Waals surface area contributed by atoms with Crippen LogP contribution in [-0.2, 0) is 21.5 Å². The zero-order chi connectivity index (χ0) is 27.4. The molecule has 1 amide bonds. The highest BCUT2D eigenvalue weighted by Gasteiger charge is 2.41. The smallest absolute Gasteiger partial charge is 0.412 e. The topological polar surface area (TPSA) is 70.6 Å². The Kier molecular flexibility index (Phi) is 12.9. The molecule has 2 aromatic carbocycles. The molecule has 0 bridgehead atoms. The number of amides is 1. The maximum atomic E-state index is 12.6. The van der Waals surface area contributed by atoms with Crippen molar-refractivity contribution >= 4 is 46.2 Å². The van der Waals surface area contributed by atoms with Gasteiger partial charge in [0.25, 0.3) is 0 Å². The lowest BCUT2D eigenvalue weighted by molar-refractivity contribution is -0.00703. The number of nitrogens with one attached hydrogen (secondary N) is 1. The first-order valence-corrected chi connectivity index (χ1v) is 16.1. The van der Waals surface area contributed by atoms with E-state index in [4.69, 9.17) is 32.7 Å². The second-order valence-corrected chi connectivity index (χ2v) is 12.4. The normalized spacial score (nSPS) is 14.9. The van der Waals surface area contributed by atoms with E-state index in [1.165, 1.54) is 25.7 Å². The molecule has 38 heavy (non-hydrogen) atoms. The van der Waals surface area contributed by atoms with Crippen LogP contribution in [0, 0.1) is 0 Å². The summed E-state index contributed by atoms with van der Waals surface area (Å²) in [7, 11) is 0. The molecule has 1 N–H and O–H groups in total. The highest BCUT2D eigenvalue weighted by molar-refractivity contribution is 7.91. The number of carbonyl (C=O) groups is 1. The van der Waals surface area contributed by atoms with Gasteiger partial charge in [-0.2, -0.15) is 0 Å². The fraction of sp³-hybridized carbons (Fsp3) is 0.567. The van der Waals surface area contributed by atoms with Gasteiger partial charge in [0.15, 0.2) is 4.90 Å². The van der Waals surface area contributed by atoms with Crippen molar-refractivity contribution in [2.75, 3.05) is 17.7 Å². The quantitative estimate of drug-likeness (QED) is 0.149. The molecule has 2 aromatic rings. The van der Waals surface area contributed by atoms with Crippen LogP contribution in [0.4, 0.5) is 10.5 Å². The number of fused-ring (bicyclic) bond motifs is 1. The number of carbonyl (C=O) groups excluding carboxylic acids is 1. The molecule has 0 fully saturated rings. The van der Waals surface area contributed by atoms with E-state index in [0.717, 1.165) is 68.4 Å². The highest BCUT2D eigenvalue weighted by Crippen LogP contribution is 2.45. The molecule has 0 aromatic heterocycles. The SMILES string of the molecule is CCCCCCC1(CCCCCC)OC(=O)Nc2ccc(OCCCC[S+]([O-])c3ccc(Cl)c(Cl)c3)cc21. The Morgan fingerprint density at radius 2 is 1.61 bits per heavy atom. The molecule has 0 aliphatic carbocycles. The number of unbranched alkanes of at least 4 members (excludes halogenated alkanes) is 7. The van der Waals surface area contributed by atoms with E-state index in [-0.39, 0.29) is 6.09 Å². The van der Waals surface area contributed by atoms with E-state index in [9.17, 15) is 9.35 Å². The van der Waals surface area contributed by atoms with Gasteiger partial charge in [0.2, 0.25) is 0 Å². The van der Waals surface area contributed by atoms with E-state index in [1.54, 1.807) is 18.2 Å². The number of hydrogen-bond donors (Lipinski definition) is 1. The maximum absolute atomic E-state index is 12.6. The number of hydrogen-bond acceptors (Lipinski definition) is 4. The van der Waals surface area contributed by atoms with Crippen molar-refractivity contribution in [3.8, 4) is 5.75 Å². The fourth-order valence-electron chi connectivity index (χ4n) is 4.90. The first-order valence-electron chi connectivity index (χ1n) is 14.0. The molecule has 1 aliphatic heterocycles. The van der Waals surface area contributed by atoms with Crippen molar-refractivity contribution in [1.29, 1.82) is 0 Å². The van der Waals surface area contributed by atoms with Gasteiger partial charge in [-0.05, 0) is 80.0 Å². The Hall–Kier alpha value is -1.60. The van der Waals surface area contributed by atoms with E-state index < -0.39 is 16.8 Å². The van der Waals surface area contributed by atoms with Gasteiger partial charge in [-0.15, -0.1) is 0 Å². The Morgan fingerprint density at radius 1 is 0.895 bits per heavy atom. The van der Waals surface area contributed by atoms with Crippen LogP contribution in [0.2, 0.25) is 10.0 Å². The largest absolute Gasteiger partial charge is 0.611 e. The zero-order valence-corrected chi connectivity index (χ0v) is 25.0. The molecule has 8 heteroatoms. The van der Waals surface area contributed by atoms with Crippen molar-refractivity contribution in [2.24, 2.45) is 0 Å². The van der Waals surface area contributed by atoms with Crippen LogP contribution in [0.5, 0.6) is 5.75 Å². The Morgan fingerprint density at radius 3 is 2.26 bits per heavy atom. The molecule has 5 nitrogen and oxygen atoms in total. The fourth-order valence-corrected chi connectivity index (χ4v) is 6.43. The molecule has 3 rings (SSSR count). The van der Waals surface area contributed by atoms with Crippen molar-refractivity contribution in [1.82, 2.24) is 0 Å². The Labute approximate surface area is 241 Å². The number of cyclic esters (lactones) is 1. The van der Waals surface area contributed by atoms with Crippen LogP contribution in [-0.4, -0.2) is 23.0 Å². The third-order valence-electron chi connectivity index (χ3n) is 7.02. The summed E-state index contributed by atoms with van der Waals surface area (Å²) in [6, 6.07) is 11.0. The van der Waals surface area contributed by atoms with Gasteiger partial charge in [0.1, 0.15) is 17.1 Å². The van der Waals surface area contributed by atoms with Gasteiger partial charge in [-0.1, -0.05) is 75.6 Å². The van der Waals surface area contributed by atoms with Crippen molar-refractivity contribution in [3.05, 3.63) is 52.0 Å².